The van der Waals surface area contributed by atoms with E-state index in [2.05, 4.69) is 85.7 Å². The molecular formula is C23H39IN6. The number of hydrogen-bond acceptors (Lipinski definition) is 3. The summed E-state index contributed by atoms with van der Waals surface area (Å²) in [6.07, 6.45) is 1.98. The topological polar surface area (TPSA) is 57.5 Å². The molecule has 0 aliphatic carbocycles. The first-order valence-corrected chi connectivity index (χ1v) is 10.7. The molecule has 2 rings (SSSR count). The zero-order chi connectivity index (χ0) is 21.2. The summed E-state index contributed by atoms with van der Waals surface area (Å²) in [7, 11) is 4.17. The highest BCUT2D eigenvalue weighted by atomic mass is 127. The second-order valence-electron chi connectivity index (χ2n) is 7.86. The molecule has 0 saturated carbocycles. The van der Waals surface area contributed by atoms with E-state index in [0.717, 1.165) is 50.7 Å². The van der Waals surface area contributed by atoms with Crippen molar-refractivity contribution in [3.8, 4) is 0 Å². The molecule has 168 valence electrons. The van der Waals surface area contributed by atoms with Crippen LogP contribution < -0.4 is 10.6 Å². The highest BCUT2D eigenvalue weighted by Crippen LogP contribution is 2.14. The molecule has 1 aromatic heterocycles. The predicted molar refractivity (Wildman–Crippen MR) is 138 cm³/mol. The van der Waals surface area contributed by atoms with Gasteiger partial charge in [-0.25, -0.2) is 0 Å². The van der Waals surface area contributed by atoms with Gasteiger partial charge in [-0.05, 0) is 65.3 Å². The summed E-state index contributed by atoms with van der Waals surface area (Å²) in [5.74, 6) is 0.893. The number of hydrogen-bond donors (Lipinski definition) is 2. The molecule has 0 spiro atoms. The Kier molecular flexibility index (Phi) is 12.0. The van der Waals surface area contributed by atoms with Crippen LogP contribution in [-0.2, 0) is 20.0 Å². The zero-order valence-electron chi connectivity index (χ0n) is 19.4. The Morgan fingerprint density at radius 1 is 1.23 bits per heavy atom. The van der Waals surface area contributed by atoms with Crippen LogP contribution >= 0.6 is 24.0 Å². The number of halogens is 1. The quantitative estimate of drug-likeness (QED) is 0.215. The van der Waals surface area contributed by atoms with Gasteiger partial charge in [0.25, 0.3) is 0 Å². The summed E-state index contributed by atoms with van der Waals surface area (Å²) in [5, 5.41) is 11.4. The van der Waals surface area contributed by atoms with Crippen molar-refractivity contribution < 1.29 is 0 Å². The molecule has 2 N–H and O–H groups in total. The van der Waals surface area contributed by atoms with Gasteiger partial charge in [-0.15, -0.1) is 24.0 Å². The van der Waals surface area contributed by atoms with Gasteiger partial charge < -0.3 is 15.5 Å². The van der Waals surface area contributed by atoms with Gasteiger partial charge in [-0.3, -0.25) is 9.67 Å². The van der Waals surface area contributed by atoms with Crippen LogP contribution in [0.5, 0.6) is 0 Å². The van der Waals surface area contributed by atoms with Gasteiger partial charge in [0.2, 0.25) is 0 Å². The molecule has 1 atom stereocenters. The first kappa shape index (κ1) is 26.4. The lowest BCUT2D eigenvalue weighted by atomic mass is 10.1. The molecule has 7 heteroatoms. The molecule has 1 unspecified atom stereocenters. The van der Waals surface area contributed by atoms with E-state index >= 15 is 0 Å². The Bertz CT molecular complexity index is 772. The third-order valence-corrected chi connectivity index (χ3v) is 5.16. The Hall–Kier alpha value is -1.61. The molecular weight excluding hydrogens is 487 g/mol. The van der Waals surface area contributed by atoms with E-state index in [4.69, 9.17) is 4.99 Å². The highest BCUT2D eigenvalue weighted by molar-refractivity contribution is 14.0. The minimum Gasteiger partial charge on any atom is -0.357 e. The summed E-state index contributed by atoms with van der Waals surface area (Å²) < 4.78 is 1.96. The SMILES string of the molecule is CCNC(=NCCCN(C)Cc1ccccc1)NC(C)Cc1c(C)nn(C)c1C.I. The van der Waals surface area contributed by atoms with Crippen LogP contribution in [0.4, 0.5) is 0 Å². The molecule has 0 fully saturated rings. The maximum atomic E-state index is 4.77. The average Bonchev–Trinajstić information content (AvgIpc) is 2.92. The Balaban J connectivity index is 0.00000450. The largest absolute Gasteiger partial charge is 0.357 e. The molecule has 0 aliphatic rings. The smallest absolute Gasteiger partial charge is 0.191 e. The third-order valence-electron chi connectivity index (χ3n) is 5.16. The lowest BCUT2D eigenvalue weighted by Gasteiger charge is -2.19. The van der Waals surface area contributed by atoms with Crippen molar-refractivity contribution in [3.63, 3.8) is 0 Å². The van der Waals surface area contributed by atoms with Crippen LogP contribution in [0.25, 0.3) is 0 Å². The number of aromatic nitrogens is 2. The molecule has 1 heterocycles. The van der Waals surface area contributed by atoms with E-state index in [0.29, 0.717) is 0 Å². The van der Waals surface area contributed by atoms with Crippen molar-refractivity contribution in [3.05, 3.63) is 52.8 Å². The van der Waals surface area contributed by atoms with Gasteiger partial charge in [0.15, 0.2) is 5.96 Å². The summed E-state index contributed by atoms with van der Waals surface area (Å²) in [4.78, 5) is 7.12. The fourth-order valence-corrected chi connectivity index (χ4v) is 3.53. The summed E-state index contributed by atoms with van der Waals surface area (Å²) in [5.41, 5.74) is 5.02. The first-order valence-electron chi connectivity index (χ1n) is 10.7. The van der Waals surface area contributed by atoms with Crippen molar-refractivity contribution in [1.29, 1.82) is 0 Å². The van der Waals surface area contributed by atoms with Crippen LogP contribution in [0.15, 0.2) is 35.3 Å². The van der Waals surface area contributed by atoms with Crippen molar-refractivity contribution in [2.75, 3.05) is 26.7 Å². The molecule has 0 saturated heterocycles. The van der Waals surface area contributed by atoms with E-state index in [1.807, 2.05) is 11.7 Å². The number of rotatable bonds is 10. The van der Waals surface area contributed by atoms with Crippen LogP contribution in [0.1, 0.15) is 42.8 Å². The number of nitrogens with zero attached hydrogens (tertiary/aromatic N) is 4. The van der Waals surface area contributed by atoms with Crippen molar-refractivity contribution in [2.45, 2.75) is 53.1 Å². The van der Waals surface area contributed by atoms with Gasteiger partial charge in [-0.1, -0.05) is 30.3 Å². The number of aliphatic imine (C=N–C) groups is 1. The average molecular weight is 527 g/mol. The molecule has 0 amide bonds. The summed E-state index contributed by atoms with van der Waals surface area (Å²) in [6, 6.07) is 10.9. The minimum atomic E-state index is 0. The fourth-order valence-electron chi connectivity index (χ4n) is 3.53. The number of benzene rings is 1. The van der Waals surface area contributed by atoms with Gasteiger partial charge in [0.05, 0.1) is 5.69 Å². The minimum absolute atomic E-state index is 0. The molecule has 0 radical (unpaired) electrons. The number of aryl methyl sites for hydroxylation is 2. The zero-order valence-corrected chi connectivity index (χ0v) is 21.7. The van der Waals surface area contributed by atoms with E-state index in [9.17, 15) is 0 Å². The van der Waals surface area contributed by atoms with E-state index in [1.165, 1.54) is 16.8 Å². The normalized spacial score (nSPS) is 12.6. The van der Waals surface area contributed by atoms with Crippen LogP contribution in [0.2, 0.25) is 0 Å². The number of guanidine groups is 1. The lowest BCUT2D eigenvalue weighted by Crippen LogP contribution is -2.43. The van der Waals surface area contributed by atoms with Crippen LogP contribution in [-0.4, -0.2) is 53.4 Å². The van der Waals surface area contributed by atoms with Gasteiger partial charge in [-0.2, -0.15) is 5.10 Å². The highest BCUT2D eigenvalue weighted by Gasteiger charge is 2.14. The maximum Gasteiger partial charge on any atom is 0.191 e. The lowest BCUT2D eigenvalue weighted by molar-refractivity contribution is 0.324. The second-order valence-corrected chi connectivity index (χ2v) is 7.86. The maximum absolute atomic E-state index is 4.77. The Morgan fingerprint density at radius 2 is 1.93 bits per heavy atom. The van der Waals surface area contributed by atoms with Gasteiger partial charge >= 0.3 is 0 Å². The molecule has 1 aromatic carbocycles. The molecule has 6 nitrogen and oxygen atoms in total. The van der Waals surface area contributed by atoms with Crippen molar-refractivity contribution >= 4 is 29.9 Å². The monoisotopic (exact) mass is 526 g/mol. The van der Waals surface area contributed by atoms with E-state index in [-0.39, 0.29) is 30.0 Å². The Labute approximate surface area is 199 Å². The fraction of sp³-hybridized carbons (Fsp3) is 0.565. The van der Waals surface area contributed by atoms with Gasteiger partial charge in [0, 0.05) is 38.4 Å². The van der Waals surface area contributed by atoms with E-state index < -0.39 is 0 Å². The third kappa shape index (κ3) is 8.63. The first-order chi connectivity index (χ1) is 13.9. The summed E-state index contributed by atoms with van der Waals surface area (Å²) in [6.45, 7) is 12.2. The van der Waals surface area contributed by atoms with Crippen LogP contribution in [0.3, 0.4) is 0 Å². The van der Waals surface area contributed by atoms with E-state index in [1.54, 1.807) is 0 Å². The standard InChI is InChI=1S/C23H38N6.HI/c1-7-24-23(26-18(2)16-22-19(3)27-29(6)20(22)4)25-14-11-15-28(5)17-21-12-9-8-10-13-21;/h8-10,12-13,18H,7,11,14-17H2,1-6H3,(H2,24,25,26);1H. The molecule has 0 aliphatic heterocycles. The predicted octanol–water partition coefficient (Wildman–Crippen LogP) is 3.66. The Morgan fingerprint density at radius 3 is 2.53 bits per heavy atom. The number of nitrogens with one attached hydrogen (secondary N) is 2. The summed E-state index contributed by atoms with van der Waals surface area (Å²) >= 11 is 0. The van der Waals surface area contributed by atoms with Gasteiger partial charge in [0.1, 0.15) is 0 Å². The van der Waals surface area contributed by atoms with Crippen molar-refractivity contribution in [1.82, 2.24) is 25.3 Å². The molecule has 2 aromatic rings. The second kappa shape index (κ2) is 13.6. The molecule has 30 heavy (non-hydrogen) atoms. The molecule has 0 bridgehead atoms. The van der Waals surface area contributed by atoms with Crippen LogP contribution in [0, 0.1) is 13.8 Å². The van der Waals surface area contributed by atoms with Crippen molar-refractivity contribution in [2.24, 2.45) is 12.0 Å².